The van der Waals surface area contributed by atoms with E-state index in [-0.39, 0.29) is 16.3 Å². The van der Waals surface area contributed by atoms with Gasteiger partial charge in [-0.3, -0.25) is 9.11 Å². The van der Waals surface area contributed by atoms with E-state index in [9.17, 15) is 9.00 Å². The predicted molar refractivity (Wildman–Crippen MR) is 122 cm³/mol. The van der Waals surface area contributed by atoms with Crippen LogP contribution in [0, 0.1) is 0 Å². The van der Waals surface area contributed by atoms with Crippen LogP contribution in [0.3, 0.4) is 0 Å². The molecule has 0 radical (unpaired) electrons. The van der Waals surface area contributed by atoms with Gasteiger partial charge >= 0.3 is 6.03 Å². The lowest BCUT2D eigenvalue weighted by molar-refractivity contribution is 0.103. The molecule has 0 aromatic rings. The molecule has 2 aliphatic rings. The van der Waals surface area contributed by atoms with Gasteiger partial charge in [-0.2, -0.15) is 0 Å². The van der Waals surface area contributed by atoms with Crippen molar-refractivity contribution in [1.29, 1.82) is 0 Å². The fourth-order valence-electron chi connectivity index (χ4n) is 4.13. The molecule has 2 amide bonds. The second kappa shape index (κ2) is 10.1. The predicted octanol–water partition coefficient (Wildman–Crippen LogP) is 1.32. The van der Waals surface area contributed by atoms with Crippen molar-refractivity contribution >= 4 is 16.8 Å². The highest BCUT2D eigenvalue weighted by Crippen LogP contribution is 2.28. The fraction of sp³-hybridized carbons (Fsp3) is 0.952. The van der Waals surface area contributed by atoms with E-state index in [0.29, 0.717) is 12.1 Å². The first kappa shape index (κ1) is 24.6. The summed E-state index contributed by atoms with van der Waals surface area (Å²) in [5, 5.41) is 6.73. The summed E-state index contributed by atoms with van der Waals surface area (Å²) in [7, 11) is 3.42. The average molecular weight is 430 g/mol. The quantitative estimate of drug-likeness (QED) is 0.639. The van der Waals surface area contributed by atoms with Gasteiger partial charge in [0.2, 0.25) is 0 Å². The highest BCUT2D eigenvalue weighted by atomic mass is 32.2. The maximum absolute atomic E-state index is 13.0. The first-order chi connectivity index (χ1) is 13.4. The summed E-state index contributed by atoms with van der Waals surface area (Å²) in [5.74, 6) is 0.743. The maximum Gasteiger partial charge on any atom is 0.317 e. The fourth-order valence-corrected chi connectivity index (χ4v) is 5.80. The lowest BCUT2D eigenvalue weighted by Crippen LogP contribution is -2.60. The van der Waals surface area contributed by atoms with Crippen molar-refractivity contribution in [2.24, 2.45) is 0 Å². The van der Waals surface area contributed by atoms with Crippen molar-refractivity contribution in [3.8, 4) is 0 Å². The second-order valence-corrected chi connectivity index (χ2v) is 12.3. The molecule has 2 saturated heterocycles. The SMILES string of the molecule is CC(C)NCC1CN(C(=O)NC(C)(C)CCC2(C)CN(C)CCS2=O)CCN1C. The molecule has 0 bridgehead atoms. The van der Waals surface area contributed by atoms with Gasteiger partial charge in [-0.15, -0.1) is 0 Å². The third-order valence-electron chi connectivity index (χ3n) is 6.36. The van der Waals surface area contributed by atoms with Crippen molar-refractivity contribution < 1.29 is 9.00 Å². The third kappa shape index (κ3) is 7.19. The molecule has 0 saturated carbocycles. The Morgan fingerprint density at radius 2 is 1.93 bits per heavy atom. The van der Waals surface area contributed by atoms with Crippen molar-refractivity contribution in [3.05, 3.63) is 0 Å². The molecule has 2 aliphatic heterocycles. The van der Waals surface area contributed by atoms with Gasteiger partial charge in [0, 0.05) is 73.4 Å². The standard InChI is InChI=1S/C21H43N5O2S/c1-17(2)22-14-18-15-26(11-10-25(18)7)19(27)23-20(3,4)8-9-21(5)16-24(6)12-13-29(21)28/h17-18,22H,8-16H2,1-7H3,(H,23,27). The molecule has 0 aromatic heterocycles. The molecular weight excluding hydrogens is 386 g/mol. The van der Waals surface area contributed by atoms with Crippen LogP contribution in [0.15, 0.2) is 0 Å². The van der Waals surface area contributed by atoms with Crippen LogP contribution in [0.5, 0.6) is 0 Å². The normalized spacial score (nSPS) is 30.0. The Bertz CT molecular complexity index is 585. The molecule has 3 atom stereocenters. The number of likely N-dealkylation sites (N-methyl/N-ethyl adjacent to an activating group) is 1. The molecule has 2 N–H and O–H groups in total. The van der Waals surface area contributed by atoms with E-state index in [1.807, 2.05) is 4.90 Å². The van der Waals surface area contributed by atoms with E-state index in [1.54, 1.807) is 0 Å². The van der Waals surface area contributed by atoms with Crippen LogP contribution in [0.1, 0.15) is 47.5 Å². The summed E-state index contributed by atoms with van der Waals surface area (Å²) in [5.41, 5.74) is -0.324. The Morgan fingerprint density at radius 3 is 2.59 bits per heavy atom. The Hall–Kier alpha value is -0.700. The zero-order valence-corrected chi connectivity index (χ0v) is 20.4. The van der Waals surface area contributed by atoms with Crippen molar-refractivity contribution in [1.82, 2.24) is 25.3 Å². The number of nitrogens with one attached hydrogen (secondary N) is 2. The number of amides is 2. The van der Waals surface area contributed by atoms with Crippen LogP contribution in [-0.2, 0) is 10.8 Å². The van der Waals surface area contributed by atoms with E-state index < -0.39 is 10.8 Å². The van der Waals surface area contributed by atoms with Crippen molar-refractivity contribution in [2.45, 2.75) is 69.8 Å². The van der Waals surface area contributed by atoms with E-state index in [2.05, 4.69) is 69.1 Å². The lowest BCUT2D eigenvalue weighted by atomic mass is 9.92. The summed E-state index contributed by atoms with van der Waals surface area (Å²) in [6, 6.07) is 0.793. The maximum atomic E-state index is 13.0. The van der Waals surface area contributed by atoms with Gasteiger partial charge in [-0.05, 0) is 47.7 Å². The van der Waals surface area contributed by atoms with E-state index in [4.69, 9.17) is 0 Å². The van der Waals surface area contributed by atoms with Gasteiger partial charge in [-0.1, -0.05) is 13.8 Å². The van der Waals surface area contributed by atoms with Gasteiger partial charge in [-0.25, -0.2) is 4.79 Å². The van der Waals surface area contributed by atoms with Crippen LogP contribution < -0.4 is 10.6 Å². The minimum absolute atomic E-state index is 0.0182. The molecule has 2 heterocycles. The zero-order chi connectivity index (χ0) is 21.8. The number of hydrogen-bond acceptors (Lipinski definition) is 5. The van der Waals surface area contributed by atoms with E-state index >= 15 is 0 Å². The molecule has 0 spiro atoms. The first-order valence-electron chi connectivity index (χ1n) is 11.0. The molecule has 170 valence electrons. The number of rotatable bonds is 7. The Balaban J connectivity index is 1.88. The van der Waals surface area contributed by atoms with E-state index in [1.165, 1.54) is 0 Å². The minimum atomic E-state index is -0.808. The largest absolute Gasteiger partial charge is 0.333 e. The minimum Gasteiger partial charge on any atom is -0.333 e. The molecule has 29 heavy (non-hydrogen) atoms. The Kier molecular flexibility index (Phi) is 8.53. The summed E-state index contributed by atoms with van der Waals surface area (Å²) in [6.45, 7) is 15.6. The van der Waals surface area contributed by atoms with Gasteiger partial charge in [0.25, 0.3) is 0 Å². The number of nitrogens with zero attached hydrogens (tertiary/aromatic N) is 3. The number of piperazine rings is 1. The van der Waals surface area contributed by atoms with Gasteiger partial charge in [0.05, 0.1) is 4.75 Å². The summed E-state index contributed by atoms with van der Waals surface area (Å²) in [4.78, 5) is 19.5. The van der Waals surface area contributed by atoms with Gasteiger partial charge < -0.3 is 20.4 Å². The van der Waals surface area contributed by atoms with Crippen LogP contribution in [0.2, 0.25) is 0 Å². The Labute approximate surface area is 180 Å². The van der Waals surface area contributed by atoms with Crippen molar-refractivity contribution in [2.75, 3.05) is 59.1 Å². The monoisotopic (exact) mass is 429 g/mol. The molecule has 7 nitrogen and oxygen atoms in total. The highest BCUT2D eigenvalue weighted by molar-refractivity contribution is 7.86. The number of urea groups is 1. The smallest absolute Gasteiger partial charge is 0.317 e. The van der Waals surface area contributed by atoms with Crippen LogP contribution >= 0.6 is 0 Å². The molecule has 0 aliphatic carbocycles. The average Bonchev–Trinajstić information content (AvgIpc) is 2.62. The van der Waals surface area contributed by atoms with Crippen LogP contribution in [0.25, 0.3) is 0 Å². The first-order valence-corrected chi connectivity index (χ1v) is 12.3. The molecule has 0 aromatic carbocycles. The number of carbonyl (C=O) groups excluding carboxylic acids is 1. The lowest BCUT2D eigenvalue weighted by Gasteiger charge is -2.42. The molecular formula is C21H43N5O2S. The van der Waals surface area contributed by atoms with E-state index in [0.717, 1.165) is 57.9 Å². The molecule has 8 heteroatoms. The van der Waals surface area contributed by atoms with Gasteiger partial charge in [0.15, 0.2) is 0 Å². The summed E-state index contributed by atoms with van der Waals surface area (Å²) < 4.78 is 12.4. The zero-order valence-electron chi connectivity index (χ0n) is 19.6. The number of carbonyl (C=O) groups is 1. The van der Waals surface area contributed by atoms with Gasteiger partial charge in [0.1, 0.15) is 0 Å². The second-order valence-electron chi connectivity index (χ2n) is 10.2. The highest BCUT2D eigenvalue weighted by Gasteiger charge is 2.38. The van der Waals surface area contributed by atoms with Crippen molar-refractivity contribution in [3.63, 3.8) is 0 Å². The topological polar surface area (TPSA) is 67.9 Å². The third-order valence-corrected chi connectivity index (χ3v) is 8.35. The molecule has 3 unspecified atom stereocenters. The summed E-state index contributed by atoms with van der Waals surface area (Å²) in [6.07, 6.45) is 1.67. The van der Waals surface area contributed by atoms with Crippen LogP contribution in [-0.4, -0.2) is 106 Å². The number of hydrogen-bond donors (Lipinski definition) is 2. The molecule has 2 fully saturated rings. The van der Waals surface area contributed by atoms with Crippen LogP contribution in [0.4, 0.5) is 4.79 Å². The Morgan fingerprint density at radius 1 is 1.24 bits per heavy atom. The summed E-state index contributed by atoms with van der Waals surface area (Å²) >= 11 is 0. The molecule has 2 rings (SSSR count).